The third-order valence-electron chi connectivity index (χ3n) is 0. The summed E-state index contributed by atoms with van der Waals surface area (Å²) >= 11 is -5.12. The fourth-order valence-corrected chi connectivity index (χ4v) is 0. The molecule has 0 saturated carbocycles. The summed E-state index contributed by atoms with van der Waals surface area (Å²) in [6.45, 7) is 0. The molecule has 9 heteroatoms. The van der Waals surface area contributed by atoms with E-state index in [1.54, 1.807) is 0 Å². The van der Waals surface area contributed by atoms with Gasteiger partial charge in [-0.05, 0) is 0 Å². The summed E-state index contributed by atoms with van der Waals surface area (Å²) in [5, 5.41) is 0. The predicted molar refractivity (Wildman–Crippen MR) is 10.5 cm³/mol. The Morgan fingerprint density at radius 2 is 1.22 bits per heavy atom. The van der Waals surface area contributed by atoms with Gasteiger partial charge in [0, 0.05) is 33.3 Å². The van der Waals surface area contributed by atoms with Crippen molar-refractivity contribution in [1.29, 1.82) is 0 Å². The van der Waals surface area contributed by atoms with E-state index < -0.39 is 13.4 Å². The summed E-state index contributed by atoms with van der Waals surface area (Å²) < 4.78 is 31.8. The zero-order valence-corrected chi connectivity index (χ0v) is 7.45. The summed E-state index contributed by atoms with van der Waals surface area (Å²) in [6.07, 6.45) is 0. The Bertz CT molecular complexity index is 105. The van der Waals surface area contributed by atoms with E-state index in [9.17, 15) is 0 Å². The molecule has 0 aliphatic carbocycles. The number of rotatable bonds is 0. The standard InChI is InChI=1S/Co.Li.Mn.Ni.3H2O.2O.H/h;;;;3*1H2;;;/q;+1;+2;;;;;;;-1/p-2. The molecule has 4 N–H and O–H groups in total. The molecule has 9 heavy (non-hydrogen) atoms. The molecule has 0 aliphatic rings. The topological polar surface area (TPSA) is 106 Å². The van der Waals surface area contributed by atoms with Crippen LogP contribution in [-0.4, -0.2) is 13.9 Å². The van der Waals surface area contributed by atoms with Crippen molar-refractivity contribution in [1.82, 2.24) is 0 Å². The Kier molecular flexibility index (Phi) is 42.5. The fourth-order valence-electron chi connectivity index (χ4n) is 0. The second-order valence-electron chi connectivity index (χ2n) is 0.415. The van der Waals surface area contributed by atoms with Crippen LogP contribution in [0.4, 0.5) is 0 Å². The quantitative estimate of drug-likeness (QED) is 0.427. The minimum absolute atomic E-state index is 0. The molecule has 0 aromatic rings. The molecule has 0 rings (SSSR count). The van der Waals surface area contributed by atoms with Crippen molar-refractivity contribution in [3.63, 3.8) is 0 Å². The molecule has 0 fully saturated rings. The van der Waals surface area contributed by atoms with Gasteiger partial charge in [-0.3, -0.25) is 0 Å². The van der Waals surface area contributed by atoms with Crippen LogP contribution < -0.4 is 18.9 Å². The first-order valence-corrected chi connectivity index (χ1v) is 2.67. The van der Waals surface area contributed by atoms with Crippen molar-refractivity contribution in [3.8, 4) is 0 Å². The van der Waals surface area contributed by atoms with E-state index in [0.717, 1.165) is 0 Å². The molecular formula is H5CoLiMnNiO5. The zero-order valence-electron chi connectivity index (χ0n) is 5.24. The van der Waals surface area contributed by atoms with Crippen molar-refractivity contribution in [3.05, 3.63) is 0 Å². The molecule has 0 unspecified atom stereocenters. The van der Waals surface area contributed by atoms with E-state index in [-0.39, 0.29) is 59.0 Å². The van der Waals surface area contributed by atoms with Crippen LogP contribution in [0.3, 0.4) is 0 Å². The number of hydrogen-bond donors (Lipinski definition) is 2. The van der Waals surface area contributed by atoms with Crippen LogP contribution in [0.1, 0.15) is 1.43 Å². The van der Waals surface area contributed by atoms with E-state index in [1.165, 1.54) is 0 Å². The average Bonchev–Trinajstić information content (AvgIpc) is 0.722. The molecule has 0 aromatic carbocycles. The molecule has 0 heterocycles. The molecular weight excluding hydrogens is 260 g/mol. The van der Waals surface area contributed by atoms with Crippen LogP contribution in [0.15, 0.2) is 0 Å². The van der Waals surface area contributed by atoms with Gasteiger partial charge in [0.05, 0.1) is 0 Å². The van der Waals surface area contributed by atoms with Gasteiger partial charge in [-0.15, -0.1) is 0 Å². The second-order valence-corrected chi connectivity index (χ2v) is 1.71. The molecule has 62 valence electrons. The van der Waals surface area contributed by atoms with Crippen molar-refractivity contribution in [2.24, 2.45) is 0 Å². The van der Waals surface area contributed by atoms with Crippen LogP contribution in [0.5, 0.6) is 0 Å². The molecule has 0 amide bonds. The zero-order chi connectivity index (χ0) is 4.50. The molecule has 5 nitrogen and oxygen atoms in total. The molecule has 1 radical (unpaired) electrons. The van der Waals surface area contributed by atoms with Gasteiger partial charge in [0.25, 0.3) is 0 Å². The second kappa shape index (κ2) is 12.3. The molecule has 0 aliphatic heterocycles. The van der Waals surface area contributed by atoms with E-state index in [0.29, 0.717) is 0 Å². The van der Waals surface area contributed by atoms with Crippen LogP contribution >= 0.6 is 0 Å². The van der Waals surface area contributed by atoms with Crippen molar-refractivity contribution < 1.29 is 88.4 Å². The normalized spacial score (nSPS) is 6.44. The first-order valence-electron chi connectivity index (χ1n) is 0.647. The summed E-state index contributed by atoms with van der Waals surface area (Å²) in [5.41, 5.74) is 0. The fraction of sp³-hybridized carbons (Fsp3) is 0. The first kappa shape index (κ1) is 31.2. The molecule has 0 saturated heterocycles. The minimum atomic E-state index is -5.12. The van der Waals surface area contributed by atoms with Crippen LogP contribution in [0, 0.1) is 0 Å². The Balaban J connectivity index is -0.00000000800. The summed E-state index contributed by atoms with van der Waals surface area (Å²) in [6, 6.07) is 0. The predicted octanol–water partition coefficient (Wildman–Crippen LogP) is -5.07. The Morgan fingerprint density at radius 1 is 1.22 bits per heavy atom. The summed E-state index contributed by atoms with van der Waals surface area (Å²) in [5.74, 6) is 0. The summed E-state index contributed by atoms with van der Waals surface area (Å²) in [4.78, 5) is 0. The van der Waals surface area contributed by atoms with Crippen molar-refractivity contribution in [2.75, 3.05) is 0 Å². The Labute approximate surface area is 88.0 Å². The monoisotopic (exact) mass is 264 g/mol. The van der Waals surface area contributed by atoms with Crippen LogP contribution in [-0.2, 0) is 54.3 Å². The number of hydrogen-bond acceptors (Lipinski definition) is 2. The van der Waals surface area contributed by atoms with E-state index in [1.807, 2.05) is 0 Å². The Morgan fingerprint density at radius 3 is 1.22 bits per heavy atom. The Hall–Kier alpha value is 1.60. The van der Waals surface area contributed by atoms with Crippen molar-refractivity contribution >= 4 is 0 Å². The van der Waals surface area contributed by atoms with E-state index in [2.05, 4.69) is 0 Å². The maximum absolute atomic E-state index is 8.80. The van der Waals surface area contributed by atoms with Gasteiger partial charge >= 0.3 is 48.3 Å². The maximum atomic E-state index is 8.80. The van der Waals surface area contributed by atoms with Gasteiger partial charge in [-0.2, -0.15) is 0 Å². The van der Waals surface area contributed by atoms with Crippen LogP contribution in [0.2, 0.25) is 0 Å². The van der Waals surface area contributed by atoms with Crippen LogP contribution in [0.25, 0.3) is 0 Å². The van der Waals surface area contributed by atoms with Crippen molar-refractivity contribution in [2.45, 2.75) is 0 Å². The van der Waals surface area contributed by atoms with Gasteiger partial charge in [0.1, 0.15) is 0 Å². The van der Waals surface area contributed by atoms with Gasteiger partial charge in [-0.25, -0.2) is 0 Å². The molecule has 0 bridgehead atoms. The average molecular weight is 265 g/mol. The van der Waals surface area contributed by atoms with Gasteiger partial charge < -0.3 is 6.90 Å². The first-order chi connectivity index (χ1) is 2.00. The third kappa shape index (κ3) is 217. The molecule has 0 atom stereocenters. The molecule has 0 aromatic heterocycles. The molecule has 0 spiro atoms. The van der Waals surface area contributed by atoms with E-state index in [4.69, 9.17) is 16.0 Å². The van der Waals surface area contributed by atoms with Gasteiger partial charge in [0.15, 0.2) is 0 Å². The van der Waals surface area contributed by atoms with E-state index >= 15 is 0 Å². The third-order valence-corrected chi connectivity index (χ3v) is 0. The van der Waals surface area contributed by atoms with Gasteiger partial charge in [-0.1, -0.05) is 0 Å². The SMILES string of the molecule is O.[Co].[H-].[Li+].[Ni].[O]=[Mn](=[O])([OH])[OH]. The van der Waals surface area contributed by atoms with Gasteiger partial charge in [0.2, 0.25) is 0 Å². The summed E-state index contributed by atoms with van der Waals surface area (Å²) in [7, 11) is 0.